The molecule has 0 unspecified atom stereocenters. The molecule has 0 bridgehead atoms. The van der Waals surface area contributed by atoms with Crippen molar-refractivity contribution in [2.75, 3.05) is 20.8 Å². The first-order valence-electron chi connectivity index (χ1n) is 9.46. The smallest absolute Gasteiger partial charge is 0.361 e. The van der Waals surface area contributed by atoms with E-state index < -0.39 is 49.3 Å². The Hall–Kier alpha value is -2.94. The normalized spacial score (nSPS) is 25.4. The Morgan fingerprint density at radius 1 is 1.03 bits per heavy atom. The van der Waals surface area contributed by atoms with Crippen molar-refractivity contribution in [2.45, 2.75) is 37.3 Å². The number of hydrogen-bond acceptors (Lipinski definition) is 12. The lowest BCUT2D eigenvalue weighted by atomic mass is 9.99. The number of aromatic nitrogens is 3. The molecule has 1 aromatic carbocycles. The Labute approximate surface area is 181 Å². The fourth-order valence-corrected chi connectivity index (χ4v) is 3.09. The highest BCUT2D eigenvalue weighted by Gasteiger charge is 2.44. The Morgan fingerprint density at radius 3 is 2.28 bits per heavy atom. The summed E-state index contributed by atoms with van der Waals surface area (Å²) in [4.78, 5) is 24.0. The van der Waals surface area contributed by atoms with Gasteiger partial charge in [0.15, 0.2) is 12.0 Å². The monoisotopic (exact) mass is 453 g/mol. The van der Waals surface area contributed by atoms with Crippen molar-refractivity contribution >= 4 is 11.9 Å². The number of ether oxygens (including phenoxy) is 4. The summed E-state index contributed by atoms with van der Waals surface area (Å²) in [5.74, 6) is -1.67. The number of aliphatic hydroxyl groups excluding tert-OH is 4. The molecule has 174 valence electrons. The first-order valence-corrected chi connectivity index (χ1v) is 9.46. The van der Waals surface area contributed by atoms with Crippen LogP contribution in [0, 0.1) is 0 Å². The minimum Gasteiger partial charge on any atom is -0.464 e. The second kappa shape index (κ2) is 10.1. The zero-order valence-corrected chi connectivity index (χ0v) is 17.2. The highest BCUT2D eigenvalue weighted by atomic mass is 16.7. The fraction of sp³-hybridized carbons (Fsp3) is 0.474. The number of nitrogens with zero attached hydrogens (tertiary/aromatic N) is 3. The molecule has 0 radical (unpaired) electrons. The van der Waals surface area contributed by atoms with Crippen LogP contribution in [0.4, 0.5) is 0 Å². The van der Waals surface area contributed by atoms with Crippen molar-refractivity contribution in [2.24, 2.45) is 0 Å². The number of rotatable bonds is 7. The Morgan fingerprint density at radius 2 is 1.69 bits per heavy atom. The number of carbonyl (C=O) groups excluding carboxylic acids is 2. The topological polar surface area (TPSA) is 183 Å². The van der Waals surface area contributed by atoms with Gasteiger partial charge in [-0.2, -0.15) is 0 Å². The van der Waals surface area contributed by atoms with Gasteiger partial charge in [0.25, 0.3) is 0 Å². The van der Waals surface area contributed by atoms with Gasteiger partial charge in [-0.3, -0.25) is 0 Å². The van der Waals surface area contributed by atoms with E-state index >= 15 is 0 Å². The van der Waals surface area contributed by atoms with Crippen LogP contribution in [0.3, 0.4) is 0 Å². The van der Waals surface area contributed by atoms with Crippen molar-refractivity contribution in [3.05, 3.63) is 41.2 Å². The molecule has 1 aromatic heterocycles. The molecule has 0 amide bonds. The van der Waals surface area contributed by atoms with E-state index in [0.29, 0.717) is 11.3 Å². The van der Waals surface area contributed by atoms with Crippen LogP contribution in [0.2, 0.25) is 0 Å². The number of benzene rings is 1. The van der Waals surface area contributed by atoms with Gasteiger partial charge in [0, 0.05) is 0 Å². The van der Waals surface area contributed by atoms with Gasteiger partial charge >= 0.3 is 11.9 Å². The molecule has 0 aliphatic carbocycles. The summed E-state index contributed by atoms with van der Waals surface area (Å²) < 4.78 is 21.2. The van der Waals surface area contributed by atoms with Crippen molar-refractivity contribution in [3.63, 3.8) is 0 Å². The quantitative estimate of drug-likeness (QED) is 0.344. The molecule has 1 aliphatic rings. The molecule has 2 heterocycles. The number of carbonyl (C=O) groups is 2. The lowest BCUT2D eigenvalue weighted by Crippen LogP contribution is -2.59. The minimum atomic E-state index is -1.54. The molecule has 1 aliphatic heterocycles. The second-order valence-corrected chi connectivity index (χ2v) is 6.86. The summed E-state index contributed by atoms with van der Waals surface area (Å²) in [7, 11) is 2.30. The van der Waals surface area contributed by atoms with Crippen molar-refractivity contribution in [1.82, 2.24) is 15.0 Å². The predicted octanol–water partition coefficient (Wildman–Crippen LogP) is -1.84. The molecular formula is C19H23N3O10. The molecule has 5 atom stereocenters. The highest BCUT2D eigenvalue weighted by molar-refractivity contribution is 6.00. The number of aliphatic hydroxyl groups is 4. The highest BCUT2D eigenvalue weighted by Crippen LogP contribution is 2.23. The maximum absolute atomic E-state index is 12.1. The van der Waals surface area contributed by atoms with E-state index in [4.69, 9.17) is 14.2 Å². The summed E-state index contributed by atoms with van der Waals surface area (Å²) in [6, 6.07) is 6.40. The average molecular weight is 453 g/mol. The first-order chi connectivity index (χ1) is 15.3. The van der Waals surface area contributed by atoms with Gasteiger partial charge in [0.05, 0.1) is 33.1 Å². The van der Waals surface area contributed by atoms with Gasteiger partial charge in [-0.15, -0.1) is 5.10 Å². The van der Waals surface area contributed by atoms with Gasteiger partial charge in [-0.05, 0) is 17.7 Å². The molecule has 13 nitrogen and oxygen atoms in total. The SMILES string of the molecule is COC(=O)c1nnn(-c2ccc(CO[C@@H]3O[C@H](CO)[C@H](O)[C@H](O)[C@H]3O)cc2)c1C(=O)OC. The second-order valence-electron chi connectivity index (χ2n) is 6.86. The Balaban J connectivity index is 1.74. The van der Waals surface area contributed by atoms with Crippen molar-refractivity contribution < 1.29 is 49.0 Å². The molecule has 0 saturated carbocycles. The van der Waals surface area contributed by atoms with Crippen LogP contribution in [0.25, 0.3) is 5.69 Å². The van der Waals surface area contributed by atoms with Crippen LogP contribution >= 0.6 is 0 Å². The average Bonchev–Trinajstić information content (AvgIpc) is 3.26. The largest absolute Gasteiger partial charge is 0.464 e. The fourth-order valence-electron chi connectivity index (χ4n) is 3.09. The van der Waals surface area contributed by atoms with E-state index in [9.17, 15) is 30.0 Å². The molecule has 3 rings (SSSR count). The van der Waals surface area contributed by atoms with Crippen LogP contribution in [0.1, 0.15) is 26.5 Å². The van der Waals surface area contributed by atoms with E-state index in [1.54, 1.807) is 24.3 Å². The molecule has 1 fully saturated rings. The van der Waals surface area contributed by atoms with E-state index in [1.807, 2.05) is 0 Å². The van der Waals surface area contributed by atoms with Gasteiger partial charge in [-0.25, -0.2) is 14.3 Å². The Kier molecular flexibility index (Phi) is 7.50. The zero-order valence-electron chi connectivity index (χ0n) is 17.2. The van der Waals surface area contributed by atoms with Crippen LogP contribution in [-0.4, -0.2) is 98.9 Å². The molecule has 1 saturated heterocycles. The third-order valence-electron chi connectivity index (χ3n) is 4.87. The third-order valence-corrected chi connectivity index (χ3v) is 4.87. The van der Waals surface area contributed by atoms with Crippen LogP contribution in [-0.2, 0) is 25.6 Å². The summed E-state index contributed by atoms with van der Waals surface area (Å²) in [5.41, 5.74) is 0.516. The molecule has 2 aromatic rings. The van der Waals surface area contributed by atoms with E-state index in [0.717, 1.165) is 18.9 Å². The summed E-state index contributed by atoms with van der Waals surface area (Å²) in [5, 5.41) is 46.4. The number of esters is 2. The van der Waals surface area contributed by atoms with Crippen LogP contribution in [0.5, 0.6) is 0 Å². The molecule has 0 spiro atoms. The number of methoxy groups -OCH3 is 2. The molecule has 4 N–H and O–H groups in total. The zero-order chi connectivity index (χ0) is 23.4. The Bertz CT molecular complexity index is 945. The lowest BCUT2D eigenvalue weighted by Gasteiger charge is -2.39. The van der Waals surface area contributed by atoms with Gasteiger partial charge in [0.2, 0.25) is 5.69 Å². The maximum atomic E-state index is 12.1. The van der Waals surface area contributed by atoms with E-state index in [-0.39, 0.29) is 18.0 Å². The predicted molar refractivity (Wildman–Crippen MR) is 103 cm³/mol. The third kappa shape index (κ3) is 4.62. The number of hydrogen-bond donors (Lipinski definition) is 4. The first kappa shape index (κ1) is 23.7. The summed E-state index contributed by atoms with van der Waals surface area (Å²) in [6.07, 6.45) is -6.87. The van der Waals surface area contributed by atoms with Gasteiger partial charge < -0.3 is 39.4 Å². The van der Waals surface area contributed by atoms with Crippen molar-refractivity contribution in [3.8, 4) is 5.69 Å². The minimum absolute atomic E-state index is 0.0441. The van der Waals surface area contributed by atoms with Gasteiger partial charge in [0.1, 0.15) is 24.4 Å². The van der Waals surface area contributed by atoms with Crippen molar-refractivity contribution in [1.29, 1.82) is 0 Å². The standard InChI is InChI=1S/C19H23N3O10/c1-29-17(27)12-13(18(28)30-2)22(21-20-12)10-5-3-9(4-6-10)8-31-19-16(26)15(25)14(24)11(7-23)32-19/h3-6,11,14-16,19,23-26H,7-8H2,1-2H3/t11-,14+,15+,16-,19-/m1/s1. The van der Waals surface area contributed by atoms with Gasteiger partial charge in [-0.1, -0.05) is 17.3 Å². The maximum Gasteiger partial charge on any atom is 0.361 e. The molecule has 13 heteroatoms. The van der Waals surface area contributed by atoms with E-state index in [2.05, 4.69) is 15.0 Å². The molecule has 32 heavy (non-hydrogen) atoms. The van der Waals surface area contributed by atoms with Crippen LogP contribution < -0.4 is 0 Å². The molecular weight excluding hydrogens is 430 g/mol. The van der Waals surface area contributed by atoms with E-state index in [1.165, 1.54) is 0 Å². The summed E-state index contributed by atoms with van der Waals surface area (Å²) in [6.45, 7) is -0.606. The van der Waals surface area contributed by atoms with Crippen LogP contribution in [0.15, 0.2) is 24.3 Å². The lowest BCUT2D eigenvalue weighted by molar-refractivity contribution is -0.304. The summed E-state index contributed by atoms with van der Waals surface area (Å²) >= 11 is 0.